The third kappa shape index (κ3) is 5.40. The Morgan fingerprint density at radius 3 is 2.38 bits per heavy atom. The van der Waals surface area contributed by atoms with Crippen LogP contribution in [0.2, 0.25) is 5.02 Å². The third-order valence-electron chi connectivity index (χ3n) is 2.88. The number of halogens is 1. The van der Waals surface area contributed by atoms with Crippen molar-refractivity contribution in [1.29, 1.82) is 0 Å². The van der Waals surface area contributed by atoms with E-state index < -0.39 is 11.8 Å². The first-order chi connectivity index (χ1) is 11.6. The molecule has 0 aliphatic carbocycles. The summed E-state index contributed by atoms with van der Waals surface area (Å²) >= 11 is 5.77. The van der Waals surface area contributed by atoms with Gasteiger partial charge in [0.1, 0.15) is 5.75 Å². The molecule has 2 aromatic rings. The molecule has 6 nitrogen and oxygen atoms in total. The standard InChI is InChI=1S/C17H16ClN3O3/c1-2-24-15-9-7-14(8-10-15)20-16(22)17(23)21-19-11-12-3-5-13(18)6-4-12/h3-11H,2H2,1H3,(H,20,22)(H,21,23)/b19-11+. The summed E-state index contributed by atoms with van der Waals surface area (Å²) in [5.74, 6) is -0.992. The van der Waals surface area contributed by atoms with Crippen LogP contribution in [-0.4, -0.2) is 24.6 Å². The molecular formula is C17H16ClN3O3. The topological polar surface area (TPSA) is 79.8 Å². The zero-order valence-corrected chi connectivity index (χ0v) is 13.7. The molecule has 0 saturated carbocycles. The van der Waals surface area contributed by atoms with E-state index in [0.29, 0.717) is 23.1 Å². The van der Waals surface area contributed by atoms with Gasteiger partial charge < -0.3 is 10.1 Å². The van der Waals surface area contributed by atoms with Crippen molar-refractivity contribution in [2.45, 2.75) is 6.92 Å². The van der Waals surface area contributed by atoms with Crippen molar-refractivity contribution in [1.82, 2.24) is 5.43 Å². The number of amides is 2. The Morgan fingerprint density at radius 2 is 1.75 bits per heavy atom. The summed E-state index contributed by atoms with van der Waals surface area (Å²) < 4.78 is 5.30. The van der Waals surface area contributed by atoms with Gasteiger partial charge in [-0.1, -0.05) is 23.7 Å². The fourth-order valence-corrected chi connectivity index (χ4v) is 1.88. The molecule has 0 aromatic heterocycles. The molecule has 0 bridgehead atoms. The van der Waals surface area contributed by atoms with Crippen molar-refractivity contribution in [2.24, 2.45) is 5.10 Å². The number of carbonyl (C=O) groups is 2. The van der Waals surface area contributed by atoms with Crippen LogP contribution >= 0.6 is 11.6 Å². The van der Waals surface area contributed by atoms with Crippen LogP contribution in [0.4, 0.5) is 5.69 Å². The second kappa shape index (κ2) is 8.69. The first kappa shape index (κ1) is 17.5. The molecule has 0 spiro atoms. The molecule has 0 unspecified atom stereocenters. The van der Waals surface area contributed by atoms with E-state index in [0.717, 1.165) is 5.56 Å². The lowest BCUT2D eigenvalue weighted by molar-refractivity contribution is -0.136. The SMILES string of the molecule is CCOc1ccc(NC(=O)C(=O)N/N=C/c2ccc(Cl)cc2)cc1. The normalized spacial score (nSPS) is 10.4. The molecule has 2 aromatic carbocycles. The summed E-state index contributed by atoms with van der Waals surface area (Å²) in [5.41, 5.74) is 3.39. The second-order valence-corrected chi connectivity index (χ2v) is 5.10. The van der Waals surface area contributed by atoms with Crippen LogP contribution in [0.1, 0.15) is 12.5 Å². The molecule has 0 radical (unpaired) electrons. The van der Waals surface area contributed by atoms with Crippen LogP contribution in [0.3, 0.4) is 0 Å². The molecule has 2 N–H and O–H groups in total. The quantitative estimate of drug-likeness (QED) is 0.497. The highest BCUT2D eigenvalue weighted by Crippen LogP contribution is 2.15. The molecule has 0 saturated heterocycles. The van der Waals surface area contributed by atoms with Gasteiger partial charge in [-0.2, -0.15) is 5.10 Å². The summed E-state index contributed by atoms with van der Waals surface area (Å²) in [6.07, 6.45) is 1.42. The third-order valence-corrected chi connectivity index (χ3v) is 3.13. The van der Waals surface area contributed by atoms with Crippen LogP contribution < -0.4 is 15.5 Å². The van der Waals surface area contributed by atoms with Gasteiger partial charge in [-0.25, -0.2) is 5.43 Å². The predicted molar refractivity (Wildman–Crippen MR) is 93.4 cm³/mol. The highest BCUT2D eigenvalue weighted by molar-refractivity contribution is 6.39. The van der Waals surface area contributed by atoms with E-state index in [1.54, 1.807) is 48.5 Å². The van der Waals surface area contributed by atoms with Crippen molar-refractivity contribution in [2.75, 3.05) is 11.9 Å². The smallest absolute Gasteiger partial charge is 0.329 e. The van der Waals surface area contributed by atoms with Gasteiger partial charge in [-0.15, -0.1) is 0 Å². The largest absolute Gasteiger partial charge is 0.494 e. The number of nitrogens with zero attached hydrogens (tertiary/aromatic N) is 1. The average Bonchev–Trinajstić information content (AvgIpc) is 2.58. The van der Waals surface area contributed by atoms with Crippen molar-refractivity contribution >= 4 is 35.3 Å². The fraction of sp³-hybridized carbons (Fsp3) is 0.118. The molecule has 0 heterocycles. The van der Waals surface area contributed by atoms with Gasteiger partial charge >= 0.3 is 11.8 Å². The van der Waals surface area contributed by atoms with Crippen molar-refractivity contribution < 1.29 is 14.3 Å². The maximum absolute atomic E-state index is 11.8. The average molecular weight is 346 g/mol. The lowest BCUT2D eigenvalue weighted by Gasteiger charge is -2.06. The summed E-state index contributed by atoms with van der Waals surface area (Å²) in [7, 11) is 0. The number of hydrogen-bond acceptors (Lipinski definition) is 4. The Hall–Kier alpha value is -2.86. The minimum atomic E-state index is -0.867. The van der Waals surface area contributed by atoms with Gasteiger partial charge in [0, 0.05) is 10.7 Å². The molecule has 124 valence electrons. The predicted octanol–water partition coefficient (Wildman–Crippen LogP) is 2.83. The number of nitrogens with one attached hydrogen (secondary N) is 2. The van der Waals surface area contributed by atoms with Crippen molar-refractivity contribution in [3.8, 4) is 5.75 Å². The number of hydrogen-bond donors (Lipinski definition) is 2. The molecule has 2 amide bonds. The summed E-state index contributed by atoms with van der Waals surface area (Å²) in [6, 6.07) is 13.6. The Labute approximate surface area is 144 Å². The number of ether oxygens (including phenoxy) is 1. The Morgan fingerprint density at radius 1 is 1.08 bits per heavy atom. The summed E-state index contributed by atoms with van der Waals surface area (Å²) in [6.45, 7) is 2.43. The van der Waals surface area contributed by atoms with Crippen molar-refractivity contribution in [3.05, 3.63) is 59.1 Å². The molecule has 0 atom stereocenters. The lowest BCUT2D eigenvalue weighted by Crippen LogP contribution is -2.32. The monoisotopic (exact) mass is 345 g/mol. The number of anilines is 1. The number of benzene rings is 2. The van der Waals surface area contributed by atoms with E-state index in [2.05, 4.69) is 15.8 Å². The Balaban J connectivity index is 1.85. The van der Waals surface area contributed by atoms with Gasteiger partial charge in [-0.3, -0.25) is 9.59 Å². The minimum Gasteiger partial charge on any atom is -0.494 e. The Kier molecular flexibility index (Phi) is 6.33. The lowest BCUT2D eigenvalue weighted by atomic mass is 10.2. The van der Waals surface area contributed by atoms with Crippen LogP contribution in [-0.2, 0) is 9.59 Å². The van der Waals surface area contributed by atoms with Crippen LogP contribution in [0.15, 0.2) is 53.6 Å². The van der Waals surface area contributed by atoms with E-state index in [1.165, 1.54) is 6.21 Å². The molecule has 2 rings (SSSR count). The number of hydrazone groups is 1. The molecule has 0 aliphatic rings. The van der Waals surface area contributed by atoms with Gasteiger partial charge in [0.15, 0.2) is 0 Å². The molecule has 24 heavy (non-hydrogen) atoms. The van der Waals surface area contributed by atoms with E-state index in [4.69, 9.17) is 16.3 Å². The highest BCUT2D eigenvalue weighted by atomic mass is 35.5. The fourth-order valence-electron chi connectivity index (χ4n) is 1.75. The maximum atomic E-state index is 11.8. The maximum Gasteiger partial charge on any atom is 0.329 e. The second-order valence-electron chi connectivity index (χ2n) is 4.66. The van der Waals surface area contributed by atoms with Crippen molar-refractivity contribution in [3.63, 3.8) is 0 Å². The van der Waals surface area contributed by atoms with Gasteiger partial charge in [0.2, 0.25) is 0 Å². The van der Waals surface area contributed by atoms with E-state index in [1.807, 2.05) is 6.92 Å². The van der Waals surface area contributed by atoms with Crippen LogP contribution in [0.25, 0.3) is 0 Å². The summed E-state index contributed by atoms with van der Waals surface area (Å²) in [4.78, 5) is 23.4. The first-order valence-electron chi connectivity index (χ1n) is 7.21. The van der Waals surface area contributed by atoms with Gasteiger partial charge in [-0.05, 0) is 48.9 Å². The van der Waals surface area contributed by atoms with E-state index in [-0.39, 0.29) is 0 Å². The van der Waals surface area contributed by atoms with E-state index >= 15 is 0 Å². The number of carbonyl (C=O) groups excluding carboxylic acids is 2. The minimum absolute atomic E-state index is 0.486. The number of rotatable bonds is 5. The van der Waals surface area contributed by atoms with E-state index in [9.17, 15) is 9.59 Å². The zero-order chi connectivity index (χ0) is 17.4. The summed E-state index contributed by atoms with van der Waals surface area (Å²) in [5, 5.41) is 6.80. The van der Waals surface area contributed by atoms with Crippen LogP contribution in [0.5, 0.6) is 5.75 Å². The molecule has 0 fully saturated rings. The van der Waals surface area contributed by atoms with Gasteiger partial charge in [0.25, 0.3) is 0 Å². The van der Waals surface area contributed by atoms with Gasteiger partial charge in [0.05, 0.1) is 12.8 Å². The first-order valence-corrected chi connectivity index (χ1v) is 7.59. The van der Waals surface area contributed by atoms with Crippen LogP contribution in [0, 0.1) is 0 Å². The zero-order valence-electron chi connectivity index (χ0n) is 13.0. The Bertz CT molecular complexity index is 728. The highest BCUT2D eigenvalue weighted by Gasteiger charge is 2.12. The molecule has 7 heteroatoms. The molecule has 0 aliphatic heterocycles. The molecular weight excluding hydrogens is 330 g/mol.